The average Bonchev–Trinajstić information content (AvgIpc) is 2.49. The Morgan fingerprint density at radius 3 is 2.45 bits per heavy atom. The molecule has 0 bridgehead atoms. The smallest absolute Gasteiger partial charge is 0.238 e. The van der Waals surface area contributed by atoms with Gasteiger partial charge >= 0.3 is 0 Å². The van der Waals surface area contributed by atoms with Crippen molar-refractivity contribution in [2.24, 2.45) is 0 Å². The Balaban J connectivity index is 1.97. The van der Waals surface area contributed by atoms with Gasteiger partial charge in [-0.15, -0.1) is 0 Å². The minimum absolute atomic E-state index is 0.0230. The average molecular weight is 263 g/mol. The van der Waals surface area contributed by atoms with Crippen LogP contribution in [-0.4, -0.2) is 15.1 Å². The zero-order valence-corrected chi connectivity index (χ0v) is 10.3. The second-order valence-electron chi connectivity index (χ2n) is 4.12. The van der Waals surface area contributed by atoms with E-state index in [0.717, 1.165) is 10.8 Å². The highest BCUT2D eigenvalue weighted by Crippen LogP contribution is 2.33. The number of phenolic OH excluding ortho intramolecular Hbond substituents is 1. The second kappa shape index (κ2) is 4.86. The van der Waals surface area contributed by atoms with Gasteiger partial charge in [-0.25, -0.2) is 9.97 Å². The molecule has 5 heteroatoms. The number of nitrogens with zero attached hydrogens (tertiary/aromatic N) is 3. The Hall–Kier alpha value is -3.13. The first kappa shape index (κ1) is 11.9. The molecule has 0 radical (unpaired) electrons. The second-order valence-corrected chi connectivity index (χ2v) is 4.12. The van der Waals surface area contributed by atoms with Crippen molar-refractivity contribution in [3.8, 4) is 23.4 Å². The fourth-order valence-corrected chi connectivity index (χ4v) is 1.83. The first-order chi connectivity index (χ1) is 9.76. The molecule has 1 N–H and O–H groups in total. The Morgan fingerprint density at radius 2 is 1.80 bits per heavy atom. The van der Waals surface area contributed by atoms with Crippen LogP contribution in [0.1, 0.15) is 5.69 Å². The van der Waals surface area contributed by atoms with Crippen LogP contribution in [0.4, 0.5) is 0 Å². The number of aromatic nitrogens is 2. The van der Waals surface area contributed by atoms with E-state index in [-0.39, 0.29) is 17.3 Å². The van der Waals surface area contributed by atoms with Gasteiger partial charge in [0.25, 0.3) is 0 Å². The van der Waals surface area contributed by atoms with Crippen LogP contribution in [0.15, 0.2) is 48.8 Å². The molecule has 1 aromatic heterocycles. The van der Waals surface area contributed by atoms with Gasteiger partial charge in [-0.1, -0.05) is 24.3 Å². The molecule has 3 rings (SSSR count). The quantitative estimate of drug-likeness (QED) is 0.768. The van der Waals surface area contributed by atoms with Crippen LogP contribution in [0.5, 0.6) is 17.4 Å². The minimum Gasteiger partial charge on any atom is -0.504 e. The van der Waals surface area contributed by atoms with Crippen LogP contribution >= 0.6 is 0 Å². The topological polar surface area (TPSA) is 79.0 Å². The van der Waals surface area contributed by atoms with Gasteiger partial charge in [-0.05, 0) is 22.9 Å². The molecule has 96 valence electrons. The van der Waals surface area contributed by atoms with Crippen LogP contribution in [0, 0.1) is 11.3 Å². The van der Waals surface area contributed by atoms with Gasteiger partial charge in [0.05, 0.1) is 12.4 Å². The van der Waals surface area contributed by atoms with E-state index in [9.17, 15) is 5.11 Å². The Kier molecular flexibility index (Phi) is 2.90. The Bertz CT molecular complexity index is 807. The van der Waals surface area contributed by atoms with E-state index in [1.165, 1.54) is 12.4 Å². The van der Waals surface area contributed by atoms with Crippen molar-refractivity contribution in [2.75, 3.05) is 0 Å². The monoisotopic (exact) mass is 263 g/mol. The molecule has 0 aliphatic carbocycles. The van der Waals surface area contributed by atoms with E-state index in [0.29, 0.717) is 5.75 Å². The summed E-state index contributed by atoms with van der Waals surface area (Å²) in [5.74, 6) is 0.534. The molecular weight excluding hydrogens is 254 g/mol. The van der Waals surface area contributed by atoms with Gasteiger partial charge in [-0.2, -0.15) is 5.26 Å². The van der Waals surface area contributed by atoms with Gasteiger partial charge in [0.2, 0.25) is 5.88 Å². The van der Waals surface area contributed by atoms with Gasteiger partial charge in [-0.3, -0.25) is 0 Å². The number of ether oxygens (including phenoxy) is 1. The summed E-state index contributed by atoms with van der Waals surface area (Å²) in [6.45, 7) is 0. The van der Waals surface area contributed by atoms with Gasteiger partial charge < -0.3 is 9.84 Å². The van der Waals surface area contributed by atoms with Crippen molar-refractivity contribution in [2.45, 2.75) is 0 Å². The highest BCUT2D eigenvalue weighted by molar-refractivity contribution is 5.85. The maximum Gasteiger partial charge on any atom is 0.238 e. The van der Waals surface area contributed by atoms with E-state index >= 15 is 0 Å². The number of aromatic hydroxyl groups is 1. The predicted octanol–water partition coefficient (Wildman–Crippen LogP) is 3.00. The molecule has 20 heavy (non-hydrogen) atoms. The van der Waals surface area contributed by atoms with Gasteiger partial charge in [0.15, 0.2) is 17.2 Å². The fraction of sp³-hybridized carbons (Fsp3) is 0. The predicted molar refractivity (Wildman–Crippen MR) is 72.4 cm³/mol. The van der Waals surface area contributed by atoms with Crippen LogP contribution in [0.25, 0.3) is 10.8 Å². The van der Waals surface area contributed by atoms with Crippen molar-refractivity contribution < 1.29 is 9.84 Å². The van der Waals surface area contributed by atoms with Crippen LogP contribution in [0.3, 0.4) is 0 Å². The molecule has 1 heterocycles. The highest BCUT2D eigenvalue weighted by atomic mass is 16.5. The van der Waals surface area contributed by atoms with E-state index in [1.807, 2.05) is 30.3 Å². The zero-order valence-electron chi connectivity index (χ0n) is 10.3. The lowest BCUT2D eigenvalue weighted by atomic mass is 10.1. The Morgan fingerprint density at radius 1 is 1.05 bits per heavy atom. The molecule has 3 aromatic rings. The normalized spacial score (nSPS) is 10.2. The number of benzene rings is 2. The molecule has 0 amide bonds. The third kappa shape index (κ3) is 2.22. The summed E-state index contributed by atoms with van der Waals surface area (Å²) in [6.07, 6.45) is 2.65. The Labute approximate surface area is 114 Å². The molecule has 0 unspecified atom stereocenters. The van der Waals surface area contributed by atoms with Gasteiger partial charge in [0, 0.05) is 0 Å². The highest BCUT2D eigenvalue weighted by Gasteiger charge is 2.07. The summed E-state index contributed by atoms with van der Waals surface area (Å²) in [6, 6.07) is 12.9. The third-order valence-corrected chi connectivity index (χ3v) is 2.78. The summed E-state index contributed by atoms with van der Waals surface area (Å²) in [4.78, 5) is 7.80. The molecule has 0 saturated carbocycles. The SMILES string of the molecule is N#Cc1cnc(Oc2cc3ccccc3cc2O)cn1. The van der Waals surface area contributed by atoms with Crippen LogP contribution < -0.4 is 4.74 Å². The summed E-state index contributed by atoms with van der Waals surface area (Å²) in [5.41, 5.74) is 0.208. The molecule has 0 spiro atoms. The van der Waals surface area contributed by atoms with Crippen molar-refractivity contribution >= 4 is 10.8 Å². The summed E-state index contributed by atoms with van der Waals surface area (Å²) in [5, 5.41) is 20.5. The number of fused-ring (bicyclic) bond motifs is 1. The molecule has 0 atom stereocenters. The number of hydrogen-bond donors (Lipinski definition) is 1. The van der Waals surface area contributed by atoms with Crippen molar-refractivity contribution in [1.29, 1.82) is 5.26 Å². The molecule has 0 aliphatic heterocycles. The molecule has 2 aromatic carbocycles. The van der Waals surface area contributed by atoms with E-state index < -0.39 is 0 Å². The lowest BCUT2D eigenvalue weighted by Crippen LogP contribution is -1.91. The molecule has 5 nitrogen and oxygen atoms in total. The summed E-state index contributed by atoms with van der Waals surface area (Å²) >= 11 is 0. The van der Waals surface area contributed by atoms with Crippen molar-refractivity contribution in [3.05, 3.63) is 54.5 Å². The standard InChI is InChI=1S/C15H9N3O2/c16-7-12-8-18-15(9-17-12)20-14-6-11-4-2-1-3-10(11)5-13(14)19/h1-6,8-9,19H. The zero-order chi connectivity index (χ0) is 13.9. The van der Waals surface area contributed by atoms with Crippen molar-refractivity contribution in [3.63, 3.8) is 0 Å². The minimum atomic E-state index is 0.0230. The first-order valence-electron chi connectivity index (χ1n) is 5.88. The van der Waals surface area contributed by atoms with E-state index in [2.05, 4.69) is 9.97 Å². The maximum atomic E-state index is 9.95. The molecular formula is C15H9N3O2. The maximum absolute atomic E-state index is 9.95. The lowest BCUT2D eigenvalue weighted by Gasteiger charge is -2.08. The number of hydrogen-bond acceptors (Lipinski definition) is 5. The van der Waals surface area contributed by atoms with Crippen molar-refractivity contribution in [1.82, 2.24) is 9.97 Å². The van der Waals surface area contributed by atoms with Crippen LogP contribution in [-0.2, 0) is 0 Å². The lowest BCUT2D eigenvalue weighted by molar-refractivity contribution is 0.402. The molecule has 0 saturated heterocycles. The summed E-state index contributed by atoms with van der Waals surface area (Å²) in [7, 11) is 0. The number of nitriles is 1. The van der Waals surface area contributed by atoms with E-state index in [4.69, 9.17) is 10.00 Å². The largest absolute Gasteiger partial charge is 0.504 e. The number of phenols is 1. The number of rotatable bonds is 2. The molecule has 0 aliphatic rings. The van der Waals surface area contributed by atoms with Crippen LogP contribution in [0.2, 0.25) is 0 Å². The van der Waals surface area contributed by atoms with E-state index in [1.54, 1.807) is 12.1 Å². The molecule has 0 fully saturated rings. The first-order valence-corrected chi connectivity index (χ1v) is 5.88. The fourth-order valence-electron chi connectivity index (χ4n) is 1.83. The summed E-state index contributed by atoms with van der Waals surface area (Å²) < 4.78 is 5.48. The van der Waals surface area contributed by atoms with Gasteiger partial charge in [0.1, 0.15) is 6.07 Å². The third-order valence-electron chi connectivity index (χ3n) is 2.78.